The summed E-state index contributed by atoms with van der Waals surface area (Å²) in [5.74, 6) is 1.07. The van der Waals surface area contributed by atoms with Crippen molar-refractivity contribution in [2.75, 3.05) is 27.2 Å². The lowest BCUT2D eigenvalue weighted by Gasteiger charge is -2.27. The maximum Gasteiger partial charge on any atom is 0.236 e. The SMILES string of the molecule is CN(C)C(=O)CN1CCc2onc(C(c3ccccc3)c3ccccc3)c2C1. The van der Waals surface area contributed by atoms with Gasteiger partial charge >= 0.3 is 0 Å². The molecule has 0 spiro atoms. The highest BCUT2D eigenvalue weighted by Gasteiger charge is 2.30. The molecule has 0 saturated carbocycles. The van der Waals surface area contributed by atoms with Crippen molar-refractivity contribution < 1.29 is 9.32 Å². The van der Waals surface area contributed by atoms with Crippen molar-refractivity contribution in [1.82, 2.24) is 15.0 Å². The molecule has 0 bridgehead atoms. The third-order valence-corrected chi connectivity index (χ3v) is 5.33. The van der Waals surface area contributed by atoms with E-state index in [4.69, 9.17) is 4.52 Å². The number of amides is 1. The number of fused-ring (bicyclic) bond motifs is 1. The van der Waals surface area contributed by atoms with Gasteiger partial charge in [0, 0.05) is 39.2 Å². The van der Waals surface area contributed by atoms with E-state index in [1.165, 1.54) is 11.1 Å². The Morgan fingerprint density at radius 3 is 2.25 bits per heavy atom. The Balaban J connectivity index is 1.70. The van der Waals surface area contributed by atoms with Gasteiger partial charge in [0.05, 0.1) is 12.5 Å². The zero-order chi connectivity index (χ0) is 19.5. The van der Waals surface area contributed by atoms with Crippen LogP contribution in [0.3, 0.4) is 0 Å². The van der Waals surface area contributed by atoms with Crippen LogP contribution < -0.4 is 0 Å². The van der Waals surface area contributed by atoms with Crippen LogP contribution in [-0.2, 0) is 17.8 Å². The smallest absolute Gasteiger partial charge is 0.236 e. The number of carbonyl (C=O) groups excluding carboxylic acids is 1. The fourth-order valence-corrected chi connectivity index (χ4v) is 3.78. The van der Waals surface area contributed by atoms with Crippen molar-refractivity contribution >= 4 is 5.91 Å². The van der Waals surface area contributed by atoms with Gasteiger partial charge < -0.3 is 9.42 Å². The lowest BCUT2D eigenvalue weighted by molar-refractivity contribution is -0.130. The number of benzene rings is 2. The van der Waals surface area contributed by atoms with Gasteiger partial charge in [0.2, 0.25) is 5.91 Å². The number of hydrogen-bond acceptors (Lipinski definition) is 4. The van der Waals surface area contributed by atoms with E-state index in [9.17, 15) is 4.79 Å². The predicted molar refractivity (Wildman–Crippen MR) is 108 cm³/mol. The Bertz CT molecular complexity index is 895. The summed E-state index contributed by atoms with van der Waals surface area (Å²) < 4.78 is 5.74. The first-order valence-corrected chi connectivity index (χ1v) is 9.63. The minimum Gasteiger partial charge on any atom is -0.361 e. The normalized spacial score (nSPS) is 14.1. The summed E-state index contributed by atoms with van der Waals surface area (Å²) in [6, 6.07) is 20.8. The lowest BCUT2D eigenvalue weighted by Crippen LogP contribution is -2.39. The highest BCUT2D eigenvalue weighted by molar-refractivity contribution is 5.77. The van der Waals surface area contributed by atoms with E-state index in [1.807, 2.05) is 12.1 Å². The van der Waals surface area contributed by atoms with Gasteiger partial charge in [0.25, 0.3) is 0 Å². The van der Waals surface area contributed by atoms with Crippen LogP contribution in [0.15, 0.2) is 65.2 Å². The summed E-state index contributed by atoms with van der Waals surface area (Å²) in [5.41, 5.74) is 4.45. The first kappa shape index (κ1) is 18.4. The molecule has 3 aromatic rings. The molecule has 0 fully saturated rings. The standard InChI is InChI=1S/C23H25N3O2/c1-25(2)21(27)16-26-14-13-20-19(15-26)23(24-28-20)22(17-9-5-3-6-10-17)18-11-7-4-8-12-18/h3-12,22H,13-16H2,1-2H3. The number of carbonyl (C=O) groups is 1. The van der Waals surface area contributed by atoms with E-state index in [2.05, 4.69) is 58.6 Å². The van der Waals surface area contributed by atoms with E-state index >= 15 is 0 Å². The number of hydrogen-bond donors (Lipinski definition) is 0. The molecule has 2 heterocycles. The van der Waals surface area contributed by atoms with Crippen LogP contribution in [0.25, 0.3) is 0 Å². The van der Waals surface area contributed by atoms with E-state index in [-0.39, 0.29) is 11.8 Å². The van der Waals surface area contributed by atoms with Gasteiger partial charge in [0.1, 0.15) is 11.5 Å². The van der Waals surface area contributed by atoms with Crippen LogP contribution >= 0.6 is 0 Å². The molecule has 144 valence electrons. The maximum absolute atomic E-state index is 12.2. The molecule has 0 atom stereocenters. The summed E-state index contributed by atoms with van der Waals surface area (Å²) >= 11 is 0. The second-order valence-corrected chi connectivity index (χ2v) is 7.47. The molecule has 0 N–H and O–H groups in total. The first-order valence-electron chi connectivity index (χ1n) is 9.63. The Kier molecular flexibility index (Phi) is 5.26. The minimum absolute atomic E-state index is 0.0133. The van der Waals surface area contributed by atoms with Crippen LogP contribution in [0.1, 0.15) is 34.1 Å². The zero-order valence-corrected chi connectivity index (χ0v) is 16.3. The van der Waals surface area contributed by atoms with Gasteiger partial charge in [-0.2, -0.15) is 0 Å². The van der Waals surface area contributed by atoms with E-state index < -0.39 is 0 Å². The Labute approximate surface area is 165 Å². The number of rotatable bonds is 5. The third-order valence-electron chi connectivity index (χ3n) is 5.33. The second kappa shape index (κ2) is 7.98. The molecular formula is C23H25N3O2. The highest BCUT2D eigenvalue weighted by atomic mass is 16.5. The fourth-order valence-electron chi connectivity index (χ4n) is 3.78. The van der Waals surface area contributed by atoms with Crippen LogP contribution in [-0.4, -0.2) is 48.0 Å². The number of nitrogens with zero attached hydrogens (tertiary/aromatic N) is 3. The molecule has 4 rings (SSSR count). The molecule has 0 aliphatic carbocycles. The van der Waals surface area contributed by atoms with Gasteiger partial charge in [-0.25, -0.2) is 0 Å². The van der Waals surface area contributed by atoms with Crippen molar-refractivity contribution in [3.05, 3.63) is 88.8 Å². The van der Waals surface area contributed by atoms with Crippen molar-refractivity contribution in [3.8, 4) is 0 Å². The molecular weight excluding hydrogens is 350 g/mol. The van der Waals surface area contributed by atoms with Gasteiger partial charge in [-0.3, -0.25) is 9.69 Å². The summed E-state index contributed by atoms with van der Waals surface area (Å²) in [5, 5.41) is 4.50. The molecule has 0 saturated heterocycles. The van der Waals surface area contributed by atoms with Gasteiger partial charge in [-0.15, -0.1) is 0 Å². The molecule has 5 heteroatoms. The predicted octanol–water partition coefficient (Wildman–Crippen LogP) is 3.30. The summed E-state index contributed by atoms with van der Waals surface area (Å²) in [7, 11) is 3.59. The van der Waals surface area contributed by atoms with Crippen molar-refractivity contribution in [2.45, 2.75) is 18.9 Å². The molecule has 5 nitrogen and oxygen atoms in total. The molecule has 1 aromatic heterocycles. The monoisotopic (exact) mass is 375 g/mol. The molecule has 1 amide bonds. The number of likely N-dealkylation sites (N-methyl/N-ethyl adjacent to an activating group) is 1. The van der Waals surface area contributed by atoms with Gasteiger partial charge in [-0.1, -0.05) is 65.8 Å². The summed E-state index contributed by atoms with van der Waals surface area (Å²) in [4.78, 5) is 16.0. The van der Waals surface area contributed by atoms with E-state index in [0.717, 1.165) is 30.0 Å². The van der Waals surface area contributed by atoms with Crippen LogP contribution in [0, 0.1) is 0 Å². The summed E-state index contributed by atoms with van der Waals surface area (Å²) in [6.07, 6.45) is 0.777. The van der Waals surface area contributed by atoms with Crippen molar-refractivity contribution in [2.24, 2.45) is 0 Å². The average molecular weight is 375 g/mol. The second-order valence-electron chi connectivity index (χ2n) is 7.47. The quantitative estimate of drug-likeness (QED) is 0.687. The third kappa shape index (κ3) is 3.71. The Morgan fingerprint density at radius 2 is 1.68 bits per heavy atom. The van der Waals surface area contributed by atoms with E-state index in [0.29, 0.717) is 13.1 Å². The van der Waals surface area contributed by atoms with Gasteiger partial charge in [-0.05, 0) is 11.1 Å². The minimum atomic E-state index is 0.0133. The molecule has 1 aliphatic heterocycles. The lowest BCUT2D eigenvalue weighted by atomic mass is 9.85. The molecule has 0 radical (unpaired) electrons. The average Bonchev–Trinajstić information content (AvgIpc) is 3.13. The fraction of sp³-hybridized carbons (Fsp3) is 0.304. The molecule has 1 aliphatic rings. The van der Waals surface area contributed by atoms with Gasteiger partial charge in [0.15, 0.2) is 0 Å². The number of aromatic nitrogens is 1. The summed E-state index contributed by atoms with van der Waals surface area (Å²) in [6.45, 7) is 1.91. The maximum atomic E-state index is 12.2. The topological polar surface area (TPSA) is 49.6 Å². The molecule has 28 heavy (non-hydrogen) atoms. The van der Waals surface area contributed by atoms with E-state index in [1.54, 1.807) is 19.0 Å². The highest BCUT2D eigenvalue weighted by Crippen LogP contribution is 2.36. The molecule has 0 unspecified atom stereocenters. The zero-order valence-electron chi connectivity index (χ0n) is 16.3. The van der Waals surface area contributed by atoms with Crippen LogP contribution in [0.2, 0.25) is 0 Å². The Morgan fingerprint density at radius 1 is 1.07 bits per heavy atom. The van der Waals surface area contributed by atoms with Crippen LogP contribution in [0.5, 0.6) is 0 Å². The largest absolute Gasteiger partial charge is 0.361 e. The van der Waals surface area contributed by atoms with Crippen molar-refractivity contribution in [3.63, 3.8) is 0 Å². The Hall–Kier alpha value is -2.92. The van der Waals surface area contributed by atoms with Crippen LogP contribution in [0.4, 0.5) is 0 Å². The first-order chi connectivity index (χ1) is 13.6. The molecule has 2 aromatic carbocycles. The van der Waals surface area contributed by atoms with Crippen molar-refractivity contribution in [1.29, 1.82) is 0 Å².